The molecule has 14 nitrogen and oxygen atoms in total. The lowest BCUT2D eigenvalue weighted by molar-refractivity contribution is -0.193. The van der Waals surface area contributed by atoms with Gasteiger partial charge in [0, 0.05) is 30.9 Å². The van der Waals surface area contributed by atoms with Crippen molar-refractivity contribution >= 4 is 52.4 Å². The molecule has 3 amide bonds. The molecule has 2 aliphatic heterocycles. The number of benzene rings is 3. The number of nitrogens with one attached hydrogen (secondary N) is 2. The molecule has 3 aromatic carbocycles. The van der Waals surface area contributed by atoms with Crippen LogP contribution in [0, 0.1) is 6.92 Å². The van der Waals surface area contributed by atoms with Crippen LogP contribution in [0.15, 0.2) is 99.5 Å². The Morgan fingerprint density at radius 2 is 1.71 bits per heavy atom. The molecule has 1 aromatic heterocycles. The summed E-state index contributed by atoms with van der Waals surface area (Å²) in [5, 5.41) is 14.2. The van der Waals surface area contributed by atoms with Gasteiger partial charge >= 0.3 is 11.9 Å². The van der Waals surface area contributed by atoms with E-state index in [-0.39, 0.29) is 40.2 Å². The van der Waals surface area contributed by atoms with Crippen LogP contribution in [0.4, 0.5) is 0 Å². The molecule has 268 valence electrons. The highest BCUT2D eigenvalue weighted by Crippen LogP contribution is 2.47. The molecule has 1 saturated heterocycles. The number of aryl methyl sites for hydroxylation is 1. The van der Waals surface area contributed by atoms with E-state index in [0.717, 1.165) is 28.5 Å². The van der Waals surface area contributed by atoms with E-state index in [0.29, 0.717) is 23.5 Å². The topological polar surface area (TPSA) is 191 Å². The van der Waals surface area contributed by atoms with Gasteiger partial charge in [0.2, 0.25) is 11.3 Å². The minimum atomic E-state index is -2.01. The normalized spacial score (nSPS) is 18.6. The van der Waals surface area contributed by atoms with Crippen molar-refractivity contribution in [2.45, 2.75) is 37.6 Å². The van der Waals surface area contributed by atoms with Crippen LogP contribution in [0.25, 0.3) is 11.0 Å². The second-order valence-electron chi connectivity index (χ2n) is 11.9. The lowest BCUT2D eigenvalue weighted by Gasteiger charge is -2.56. The highest BCUT2D eigenvalue weighted by atomic mass is 32.2. The number of amides is 3. The van der Waals surface area contributed by atoms with Crippen LogP contribution in [-0.4, -0.2) is 70.2 Å². The fraction of sp³-hybridized carbons (Fsp3) is 0.243. The SMILES string of the molecule is CO[C@@]1(NC(=O)C(NC(=O)c2coc3c(C)c(OCc4ccccc4)ccc3c2=O)c2ccccc2)C(=O)N2C(C(=O)O)=C(COC(C)=O)CS[C@H]21. The zero-order chi connectivity index (χ0) is 37.2. The summed E-state index contributed by atoms with van der Waals surface area (Å²) in [5.74, 6) is -4.17. The van der Waals surface area contributed by atoms with Crippen molar-refractivity contribution in [3.8, 4) is 5.75 Å². The van der Waals surface area contributed by atoms with Crippen LogP contribution in [-0.2, 0) is 35.3 Å². The van der Waals surface area contributed by atoms with Crippen molar-refractivity contribution in [1.29, 1.82) is 0 Å². The standard InChI is InChI=1S/C37H33N3O11S/c1-20-27(50-16-22-10-6-4-7-11-22)15-14-25-30(42)26(18-51-31(20)25)32(43)38-28(23-12-8-5-9-13-23)33(44)39-37(48-3)35(47)40-29(34(45)46)24(17-49-21(2)41)19-52-36(37)40/h4-15,18,28,36H,16-17,19H2,1-3H3,(H,38,43)(H,39,44)(H,45,46)/t28?,36-,37-/m0/s1. The third kappa shape index (κ3) is 6.63. The molecule has 0 aliphatic carbocycles. The van der Waals surface area contributed by atoms with Crippen LogP contribution in [0.2, 0.25) is 0 Å². The average Bonchev–Trinajstić information content (AvgIpc) is 3.15. The van der Waals surface area contributed by atoms with E-state index >= 15 is 0 Å². The monoisotopic (exact) mass is 727 g/mol. The maximum absolute atomic E-state index is 14.0. The molecule has 1 unspecified atom stereocenters. The molecule has 2 aliphatic rings. The third-order valence-electron chi connectivity index (χ3n) is 8.69. The molecule has 0 radical (unpaired) electrons. The lowest BCUT2D eigenvalue weighted by Crippen LogP contribution is -2.81. The number of hydrogen-bond donors (Lipinski definition) is 3. The molecule has 0 bridgehead atoms. The van der Waals surface area contributed by atoms with E-state index in [2.05, 4.69) is 10.6 Å². The fourth-order valence-electron chi connectivity index (χ4n) is 6.02. The lowest BCUT2D eigenvalue weighted by atomic mass is 9.96. The molecule has 0 saturated carbocycles. The van der Waals surface area contributed by atoms with Gasteiger partial charge in [0.15, 0.2) is 0 Å². The predicted octanol–water partition coefficient (Wildman–Crippen LogP) is 3.43. The smallest absolute Gasteiger partial charge is 0.352 e. The molecule has 4 aromatic rings. The highest BCUT2D eigenvalue weighted by Gasteiger charge is 2.67. The van der Waals surface area contributed by atoms with Crippen LogP contribution in [0.5, 0.6) is 5.75 Å². The number of carbonyl (C=O) groups is 5. The van der Waals surface area contributed by atoms with E-state index in [9.17, 15) is 33.9 Å². The number of carbonyl (C=O) groups excluding carboxylic acids is 4. The number of aliphatic carboxylic acids is 1. The van der Waals surface area contributed by atoms with Gasteiger partial charge in [-0.05, 0) is 30.2 Å². The number of carboxylic acids is 1. The minimum absolute atomic E-state index is 0.0566. The number of fused-ring (bicyclic) bond motifs is 2. The van der Waals surface area contributed by atoms with E-state index < -0.39 is 52.2 Å². The first kappa shape index (κ1) is 35.9. The van der Waals surface area contributed by atoms with Gasteiger partial charge in [0.25, 0.3) is 17.5 Å². The number of esters is 1. The molecule has 15 heteroatoms. The van der Waals surface area contributed by atoms with Crippen molar-refractivity contribution in [3.05, 3.63) is 123 Å². The number of rotatable bonds is 12. The Morgan fingerprint density at radius 3 is 2.37 bits per heavy atom. The van der Waals surface area contributed by atoms with Gasteiger partial charge in [-0.25, -0.2) is 4.79 Å². The maximum atomic E-state index is 14.0. The summed E-state index contributed by atoms with van der Waals surface area (Å²) < 4.78 is 22.3. The second kappa shape index (κ2) is 14.7. The Kier molecular flexibility index (Phi) is 10.2. The number of nitrogens with zero attached hydrogens (tertiary/aromatic N) is 1. The number of thioether (sulfide) groups is 1. The number of methoxy groups -OCH3 is 1. The largest absolute Gasteiger partial charge is 0.488 e. The Balaban J connectivity index is 1.25. The van der Waals surface area contributed by atoms with Crippen molar-refractivity contribution < 1.29 is 47.7 Å². The van der Waals surface area contributed by atoms with Gasteiger partial charge < -0.3 is 34.4 Å². The number of β-lactam (4-membered cyclic amide) rings is 1. The Morgan fingerprint density at radius 1 is 1.02 bits per heavy atom. The fourth-order valence-corrected chi connectivity index (χ4v) is 7.44. The molecular weight excluding hydrogens is 694 g/mol. The summed E-state index contributed by atoms with van der Waals surface area (Å²) in [6.07, 6.45) is 1.02. The third-order valence-corrected chi connectivity index (χ3v) is 10.1. The van der Waals surface area contributed by atoms with Crippen LogP contribution < -0.4 is 20.8 Å². The Hall–Kier alpha value is -5.93. The first-order valence-corrected chi connectivity index (χ1v) is 17.0. The summed E-state index contributed by atoms with van der Waals surface area (Å²) in [7, 11) is 1.19. The van der Waals surface area contributed by atoms with Crippen LogP contribution >= 0.6 is 11.8 Å². The molecule has 6 rings (SSSR count). The molecule has 0 spiro atoms. The molecule has 1 fully saturated rings. The van der Waals surface area contributed by atoms with Gasteiger partial charge in [0.1, 0.15) is 53.5 Å². The van der Waals surface area contributed by atoms with E-state index in [1.807, 2.05) is 30.3 Å². The van der Waals surface area contributed by atoms with E-state index in [1.165, 1.54) is 20.1 Å². The summed E-state index contributed by atoms with van der Waals surface area (Å²) in [6, 6.07) is 19.4. The van der Waals surface area contributed by atoms with E-state index in [4.69, 9.17) is 18.6 Å². The summed E-state index contributed by atoms with van der Waals surface area (Å²) in [4.78, 5) is 79.5. The average molecular weight is 728 g/mol. The minimum Gasteiger partial charge on any atom is -0.488 e. The highest BCUT2D eigenvalue weighted by molar-refractivity contribution is 8.00. The Bertz CT molecular complexity index is 2170. The molecule has 52 heavy (non-hydrogen) atoms. The Labute approximate surface area is 300 Å². The quantitative estimate of drug-likeness (QED) is 0.110. The first-order valence-electron chi connectivity index (χ1n) is 16.0. The molecule has 3 N–H and O–H groups in total. The molecular formula is C37H33N3O11S. The van der Waals surface area contributed by atoms with Gasteiger partial charge in [0.05, 0.1) is 5.39 Å². The zero-order valence-corrected chi connectivity index (χ0v) is 29.0. The molecule has 3 heterocycles. The van der Waals surface area contributed by atoms with Gasteiger partial charge in [-0.1, -0.05) is 60.7 Å². The summed E-state index contributed by atoms with van der Waals surface area (Å²) >= 11 is 1.10. The van der Waals surface area contributed by atoms with Gasteiger partial charge in [-0.15, -0.1) is 11.8 Å². The van der Waals surface area contributed by atoms with Crippen LogP contribution in [0.3, 0.4) is 0 Å². The maximum Gasteiger partial charge on any atom is 0.352 e. The molecule has 3 atom stereocenters. The van der Waals surface area contributed by atoms with Gasteiger partial charge in [-0.2, -0.15) is 0 Å². The first-order chi connectivity index (χ1) is 25.0. The van der Waals surface area contributed by atoms with E-state index in [1.54, 1.807) is 43.3 Å². The predicted molar refractivity (Wildman–Crippen MR) is 187 cm³/mol. The summed E-state index contributed by atoms with van der Waals surface area (Å²) in [6.45, 7) is 2.87. The van der Waals surface area contributed by atoms with Crippen LogP contribution in [0.1, 0.15) is 40.0 Å². The van der Waals surface area contributed by atoms with Crippen molar-refractivity contribution in [2.24, 2.45) is 0 Å². The van der Waals surface area contributed by atoms with Crippen molar-refractivity contribution in [3.63, 3.8) is 0 Å². The van der Waals surface area contributed by atoms with Crippen molar-refractivity contribution in [1.82, 2.24) is 15.5 Å². The van der Waals surface area contributed by atoms with Crippen molar-refractivity contribution in [2.75, 3.05) is 19.5 Å². The zero-order valence-electron chi connectivity index (χ0n) is 28.2. The number of carboxylic acid groups (broad SMARTS) is 1. The van der Waals surface area contributed by atoms with Gasteiger partial charge in [-0.3, -0.25) is 28.9 Å². The number of hydrogen-bond acceptors (Lipinski definition) is 11. The summed E-state index contributed by atoms with van der Waals surface area (Å²) in [5.41, 5.74) is -1.14. The number of ether oxygens (including phenoxy) is 3. The second-order valence-corrected chi connectivity index (χ2v) is 13.0.